The van der Waals surface area contributed by atoms with E-state index in [0.29, 0.717) is 0 Å². The van der Waals surface area contributed by atoms with Gasteiger partial charge in [0.25, 0.3) is 0 Å². The van der Waals surface area contributed by atoms with Crippen molar-refractivity contribution in [2.24, 2.45) is 5.73 Å². The number of benzene rings is 1. The molecule has 6 heteroatoms. The van der Waals surface area contributed by atoms with E-state index in [2.05, 4.69) is 4.72 Å². The Bertz CT molecular complexity index is 476. The van der Waals surface area contributed by atoms with E-state index in [4.69, 9.17) is 11.0 Å². The molecular weight excluding hydrogens is 214 g/mol. The molecule has 0 bridgehead atoms. The van der Waals surface area contributed by atoms with Crippen LogP contribution in [0.25, 0.3) is 0 Å². The molecule has 0 fully saturated rings. The molecular formula is C9H11N3O2S. The number of rotatable bonds is 4. The lowest BCUT2D eigenvalue weighted by Crippen LogP contribution is -2.22. The van der Waals surface area contributed by atoms with Gasteiger partial charge < -0.3 is 5.73 Å². The van der Waals surface area contributed by atoms with Crippen LogP contribution in [0.3, 0.4) is 0 Å². The van der Waals surface area contributed by atoms with E-state index in [1.165, 1.54) is 6.07 Å². The van der Waals surface area contributed by atoms with Crippen molar-refractivity contribution in [1.29, 1.82) is 5.26 Å². The highest BCUT2D eigenvalue weighted by Crippen LogP contribution is 2.14. The molecule has 1 aromatic carbocycles. The van der Waals surface area contributed by atoms with Crippen LogP contribution < -0.4 is 10.5 Å². The lowest BCUT2D eigenvalue weighted by Gasteiger charge is -2.07. The van der Waals surface area contributed by atoms with Gasteiger partial charge in [-0.1, -0.05) is 12.1 Å². The van der Waals surface area contributed by atoms with E-state index in [0.717, 1.165) is 0 Å². The maximum Gasteiger partial charge on any atom is 0.234 e. The lowest BCUT2D eigenvalue weighted by molar-refractivity contribution is 0.601. The summed E-state index contributed by atoms with van der Waals surface area (Å²) in [5.74, 6) is -0.160. The molecule has 3 N–H and O–H groups in total. The molecule has 5 nitrogen and oxygen atoms in total. The van der Waals surface area contributed by atoms with Crippen LogP contribution in [0.4, 0.5) is 5.69 Å². The van der Waals surface area contributed by atoms with E-state index >= 15 is 0 Å². The Kier molecular flexibility index (Phi) is 3.66. The molecule has 0 unspecified atom stereocenters. The lowest BCUT2D eigenvalue weighted by atomic mass is 10.2. The van der Waals surface area contributed by atoms with Gasteiger partial charge in [0.05, 0.1) is 17.0 Å². The molecule has 0 amide bonds. The standard InChI is InChI=1S/C9H11N3O2S/c10-5-6-15(13,14)12-9-4-2-1-3-8(9)7-11/h1-4,12H,5-6,10H2. The van der Waals surface area contributed by atoms with Gasteiger partial charge >= 0.3 is 0 Å². The van der Waals surface area contributed by atoms with Crippen LogP contribution in [-0.2, 0) is 10.0 Å². The second-order valence-corrected chi connectivity index (χ2v) is 4.71. The highest BCUT2D eigenvalue weighted by atomic mass is 32.2. The first-order valence-corrected chi connectivity index (χ1v) is 5.94. The van der Waals surface area contributed by atoms with Gasteiger partial charge in [-0.2, -0.15) is 5.26 Å². The summed E-state index contributed by atoms with van der Waals surface area (Å²) in [6.07, 6.45) is 0. The number of hydrogen-bond acceptors (Lipinski definition) is 4. The zero-order valence-corrected chi connectivity index (χ0v) is 8.79. The third-order valence-electron chi connectivity index (χ3n) is 1.70. The van der Waals surface area contributed by atoms with Gasteiger partial charge in [-0.15, -0.1) is 0 Å². The maximum atomic E-state index is 11.4. The summed E-state index contributed by atoms with van der Waals surface area (Å²) in [6, 6.07) is 8.30. The average Bonchev–Trinajstić information content (AvgIpc) is 2.17. The predicted molar refractivity (Wildman–Crippen MR) is 57.6 cm³/mol. The topological polar surface area (TPSA) is 96.0 Å². The Hall–Kier alpha value is -1.58. The second-order valence-electron chi connectivity index (χ2n) is 2.87. The van der Waals surface area contributed by atoms with Crippen LogP contribution in [0.1, 0.15) is 5.56 Å². The average molecular weight is 225 g/mol. The molecule has 0 aromatic heterocycles. The minimum atomic E-state index is -3.44. The molecule has 0 saturated carbocycles. The van der Waals surface area contributed by atoms with E-state index in [1.54, 1.807) is 18.2 Å². The van der Waals surface area contributed by atoms with Gasteiger partial charge in [-0.25, -0.2) is 8.42 Å². The SMILES string of the molecule is N#Cc1ccccc1NS(=O)(=O)CCN. The van der Waals surface area contributed by atoms with E-state index in [9.17, 15) is 8.42 Å². The van der Waals surface area contributed by atoms with Crippen LogP contribution in [0.5, 0.6) is 0 Å². The van der Waals surface area contributed by atoms with Crippen molar-refractivity contribution < 1.29 is 8.42 Å². The molecule has 1 aromatic rings. The van der Waals surface area contributed by atoms with Crippen molar-refractivity contribution in [1.82, 2.24) is 0 Å². The Morgan fingerprint density at radius 3 is 2.67 bits per heavy atom. The predicted octanol–water partition coefficient (Wildman–Crippen LogP) is 0.259. The van der Waals surface area contributed by atoms with Crippen molar-refractivity contribution >= 4 is 15.7 Å². The van der Waals surface area contributed by atoms with E-state index in [-0.39, 0.29) is 23.5 Å². The zero-order chi connectivity index (χ0) is 11.3. The molecule has 0 aliphatic rings. The fraction of sp³-hybridized carbons (Fsp3) is 0.222. The molecule has 0 radical (unpaired) electrons. The van der Waals surface area contributed by atoms with Crippen molar-refractivity contribution in [2.75, 3.05) is 17.0 Å². The third kappa shape index (κ3) is 3.23. The Balaban J connectivity index is 2.96. The normalized spacial score (nSPS) is 10.7. The van der Waals surface area contributed by atoms with Crippen molar-refractivity contribution in [3.05, 3.63) is 29.8 Å². The third-order valence-corrected chi connectivity index (χ3v) is 3.00. The van der Waals surface area contributed by atoms with Crippen LogP contribution in [0, 0.1) is 11.3 Å². The maximum absolute atomic E-state index is 11.4. The first kappa shape index (κ1) is 11.5. The fourth-order valence-electron chi connectivity index (χ4n) is 1.04. The van der Waals surface area contributed by atoms with Crippen molar-refractivity contribution in [3.63, 3.8) is 0 Å². The Morgan fingerprint density at radius 2 is 2.07 bits per heavy atom. The number of sulfonamides is 1. The van der Waals surface area contributed by atoms with Crippen molar-refractivity contribution in [3.8, 4) is 6.07 Å². The fourth-order valence-corrected chi connectivity index (χ4v) is 1.97. The minimum absolute atomic E-state index is 0.0457. The number of para-hydroxylation sites is 1. The van der Waals surface area contributed by atoms with Gasteiger partial charge in [0.1, 0.15) is 6.07 Å². The molecule has 0 heterocycles. The molecule has 0 spiro atoms. The summed E-state index contributed by atoms with van der Waals surface area (Å²) in [5, 5.41) is 8.74. The molecule has 0 aliphatic heterocycles. The van der Waals surface area contributed by atoms with Crippen LogP contribution >= 0.6 is 0 Å². The number of nitrogens with zero attached hydrogens (tertiary/aromatic N) is 1. The van der Waals surface area contributed by atoms with Crippen LogP contribution in [0.15, 0.2) is 24.3 Å². The van der Waals surface area contributed by atoms with Gasteiger partial charge in [0.2, 0.25) is 10.0 Å². The summed E-state index contributed by atoms with van der Waals surface area (Å²) >= 11 is 0. The van der Waals surface area contributed by atoms with E-state index < -0.39 is 10.0 Å². The molecule has 15 heavy (non-hydrogen) atoms. The number of nitrogens with two attached hydrogens (primary N) is 1. The molecule has 80 valence electrons. The zero-order valence-electron chi connectivity index (χ0n) is 7.97. The summed E-state index contributed by atoms with van der Waals surface area (Å²) < 4.78 is 25.0. The quantitative estimate of drug-likeness (QED) is 0.768. The first-order chi connectivity index (χ1) is 7.09. The van der Waals surface area contributed by atoms with Gasteiger partial charge in [0.15, 0.2) is 0 Å². The summed E-state index contributed by atoms with van der Waals surface area (Å²) in [7, 11) is -3.44. The highest BCUT2D eigenvalue weighted by molar-refractivity contribution is 7.92. The minimum Gasteiger partial charge on any atom is -0.329 e. The second kappa shape index (κ2) is 4.77. The Morgan fingerprint density at radius 1 is 1.40 bits per heavy atom. The largest absolute Gasteiger partial charge is 0.329 e. The van der Waals surface area contributed by atoms with Gasteiger partial charge in [-0.05, 0) is 12.1 Å². The summed E-state index contributed by atoms with van der Waals surface area (Å²) in [6.45, 7) is 0.0457. The smallest absolute Gasteiger partial charge is 0.234 e. The molecule has 0 aliphatic carbocycles. The highest BCUT2D eigenvalue weighted by Gasteiger charge is 2.10. The Labute approximate surface area is 88.6 Å². The van der Waals surface area contributed by atoms with Gasteiger partial charge in [-0.3, -0.25) is 4.72 Å². The first-order valence-electron chi connectivity index (χ1n) is 4.29. The van der Waals surface area contributed by atoms with Gasteiger partial charge in [0, 0.05) is 6.54 Å². The monoisotopic (exact) mass is 225 g/mol. The summed E-state index contributed by atoms with van der Waals surface area (Å²) in [5.41, 5.74) is 5.73. The van der Waals surface area contributed by atoms with E-state index in [1.807, 2.05) is 6.07 Å². The number of nitriles is 1. The summed E-state index contributed by atoms with van der Waals surface area (Å²) in [4.78, 5) is 0. The van der Waals surface area contributed by atoms with Crippen molar-refractivity contribution in [2.45, 2.75) is 0 Å². The molecule has 1 rings (SSSR count). The molecule has 0 saturated heterocycles. The number of nitrogens with one attached hydrogen (secondary N) is 1. The number of hydrogen-bond donors (Lipinski definition) is 2. The number of anilines is 1. The van der Waals surface area contributed by atoms with Crippen LogP contribution in [-0.4, -0.2) is 20.7 Å². The molecule has 0 atom stereocenters. The van der Waals surface area contributed by atoms with Crippen LogP contribution in [0.2, 0.25) is 0 Å².